The summed E-state index contributed by atoms with van der Waals surface area (Å²) < 4.78 is 38.6. The normalized spacial score (nSPS) is 21.3. The molecule has 4 rings (SSSR count). The highest BCUT2D eigenvalue weighted by Crippen LogP contribution is 2.46. The summed E-state index contributed by atoms with van der Waals surface area (Å²) in [4.78, 5) is 17.3. The zero-order valence-corrected chi connectivity index (χ0v) is 21.6. The van der Waals surface area contributed by atoms with Gasteiger partial charge in [0.15, 0.2) is 5.17 Å². The number of rotatable bonds is 2. The van der Waals surface area contributed by atoms with E-state index in [1.807, 2.05) is 19.9 Å². The second kappa shape index (κ2) is 13.2. The van der Waals surface area contributed by atoms with Gasteiger partial charge in [-0.25, -0.2) is 13.8 Å². The molecule has 180 valence electrons. The van der Waals surface area contributed by atoms with Crippen LogP contribution in [0, 0.1) is 17.6 Å². The van der Waals surface area contributed by atoms with Gasteiger partial charge in [0.05, 0.1) is 11.1 Å². The van der Waals surface area contributed by atoms with Gasteiger partial charge in [0.25, 0.3) is 5.91 Å². The van der Waals surface area contributed by atoms with E-state index in [9.17, 15) is 13.6 Å². The van der Waals surface area contributed by atoms with Gasteiger partial charge in [0.2, 0.25) is 0 Å². The number of thioether (sulfide) groups is 1. The minimum Gasteiger partial charge on any atom is -0.388 e. The molecule has 0 bridgehead atoms. The summed E-state index contributed by atoms with van der Waals surface area (Å²) in [6.07, 6.45) is 0.713. The summed E-state index contributed by atoms with van der Waals surface area (Å²) in [6.45, 7) is 4.75. The van der Waals surface area contributed by atoms with E-state index in [1.54, 1.807) is 38.5 Å². The predicted molar refractivity (Wildman–Crippen MR) is 133 cm³/mol. The number of hydrogen-bond donors (Lipinski definition) is 1. The van der Waals surface area contributed by atoms with E-state index in [4.69, 9.17) is 9.73 Å². The van der Waals surface area contributed by atoms with Crippen LogP contribution in [-0.4, -0.2) is 44.3 Å². The summed E-state index contributed by atoms with van der Waals surface area (Å²) in [7, 11) is 3.25. The molecule has 1 fully saturated rings. The Bertz CT molecular complexity index is 962. The topological polar surface area (TPSA) is 59.9 Å². The van der Waals surface area contributed by atoms with E-state index in [1.165, 1.54) is 17.8 Å². The van der Waals surface area contributed by atoms with Crippen molar-refractivity contribution in [3.8, 4) is 0 Å². The van der Waals surface area contributed by atoms with Crippen LogP contribution >= 0.6 is 27.7 Å². The predicted octanol–water partition coefficient (Wildman–Crippen LogP) is 5.78. The molecule has 2 aromatic rings. The minimum atomic E-state index is -0.997. The van der Waals surface area contributed by atoms with Crippen LogP contribution in [0.15, 0.2) is 51.9 Å². The first-order valence-electron chi connectivity index (χ1n) is 10.6. The molecule has 2 aliphatic heterocycles. The number of amides is 1. The highest BCUT2D eigenvalue weighted by atomic mass is 79.9. The van der Waals surface area contributed by atoms with Crippen molar-refractivity contribution in [2.24, 2.45) is 10.9 Å². The van der Waals surface area contributed by atoms with Crippen LogP contribution in [-0.2, 0) is 15.0 Å². The molecule has 2 heterocycles. The average Bonchev–Trinajstić information content (AvgIpc) is 2.83. The van der Waals surface area contributed by atoms with Crippen LogP contribution in [0.3, 0.4) is 0 Å². The molecular weight excluding hydrogens is 514 g/mol. The van der Waals surface area contributed by atoms with Crippen molar-refractivity contribution in [1.29, 1.82) is 0 Å². The highest BCUT2D eigenvalue weighted by Gasteiger charge is 2.48. The zero-order chi connectivity index (χ0) is 24.4. The number of ether oxygens (including phenoxy) is 2. The first-order valence-corrected chi connectivity index (χ1v) is 12.4. The van der Waals surface area contributed by atoms with Gasteiger partial charge in [-0.2, -0.15) is 0 Å². The molecule has 5 nitrogen and oxygen atoms in total. The molecule has 2 aliphatic rings. The number of carbonyl (C=O) groups excluding carboxylic acids is 1. The van der Waals surface area contributed by atoms with Crippen LogP contribution in [0.25, 0.3) is 0 Å². The van der Waals surface area contributed by atoms with Gasteiger partial charge in [-0.1, -0.05) is 43.8 Å². The Labute approximate surface area is 206 Å². The molecule has 1 saturated heterocycles. The number of nitrogens with one attached hydrogen (secondary N) is 1. The smallest absolute Gasteiger partial charge is 0.257 e. The van der Waals surface area contributed by atoms with Crippen LogP contribution < -0.4 is 5.32 Å². The fraction of sp³-hybridized carbons (Fsp3) is 0.417. The molecule has 0 saturated carbocycles. The van der Waals surface area contributed by atoms with Crippen molar-refractivity contribution in [1.82, 2.24) is 5.32 Å². The molecule has 1 amide bonds. The fourth-order valence-electron chi connectivity index (χ4n) is 3.58. The summed E-state index contributed by atoms with van der Waals surface area (Å²) in [5.74, 6) is -0.933. The van der Waals surface area contributed by atoms with Gasteiger partial charge in [0.1, 0.15) is 17.2 Å². The molecule has 2 aromatic carbocycles. The average molecular weight is 543 g/mol. The zero-order valence-electron chi connectivity index (χ0n) is 19.2. The van der Waals surface area contributed by atoms with E-state index in [0.29, 0.717) is 29.5 Å². The molecule has 0 aliphatic carbocycles. The second-order valence-corrected chi connectivity index (χ2v) is 9.03. The molecule has 0 radical (unpaired) electrons. The van der Waals surface area contributed by atoms with Crippen LogP contribution in [0.2, 0.25) is 0 Å². The summed E-state index contributed by atoms with van der Waals surface area (Å²) in [5.41, 5.74) is -0.210. The Kier molecular flexibility index (Phi) is 11.0. The SMILES string of the molecule is CC.COC.O=C(NC1=NC2(c3cc(Br)c(F)cc3F)COCCC2CS1)c1ccccc1. The Hall–Kier alpha value is -1.81. The largest absolute Gasteiger partial charge is 0.388 e. The number of fused-ring (bicyclic) bond motifs is 1. The molecule has 0 spiro atoms. The van der Waals surface area contributed by atoms with Gasteiger partial charge in [-0.15, -0.1) is 0 Å². The Morgan fingerprint density at radius 1 is 1.21 bits per heavy atom. The third kappa shape index (κ3) is 6.62. The molecule has 33 heavy (non-hydrogen) atoms. The molecule has 2 unspecified atom stereocenters. The Morgan fingerprint density at radius 3 is 2.55 bits per heavy atom. The number of carbonyl (C=O) groups is 1. The molecule has 9 heteroatoms. The quantitative estimate of drug-likeness (QED) is 0.488. The third-order valence-corrected chi connectivity index (χ3v) is 6.71. The van der Waals surface area contributed by atoms with Crippen LogP contribution in [0.1, 0.15) is 36.2 Å². The van der Waals surface area contributed by atoms with E-state index < -0.39 is 17.2 Å². The van der Waals surface area contributed by atoms with Gasteiger partial charge in [-0.05, 0) is 40.5 Å². The van der Waals surface area contributed by atoms with Crippen molar-refractivity contribution in [2.45, 2.75) is 25.8 Å². The second-order valence-electron chi connectivity index (χ2n) is 7.16. The summed E-state index contributed by atoms with van der Waals surface area (Å²) >= 11 is 4.57. The molecule has 1 N–H and O–H groups in total. The maximum atomic E-state index is 14.8. The van der Waals surface area contributed by atoms with E-state index in [-0.39, 0.29) is 28.5 Å². The number of halogens is 3. The Balaban J connectivity index is 0.000000714. The van der Waals surface area contributed by atoms with Crippen molar-refractivity contribution in [2.75, 3.05) is 33.2 Å². The van der Waals surface area contributed by atoms with Crippen LogP contribution in [0.4, 0.5) is 8.78 Å². The number of benzene rings is 2. The van der Waals surface area contributed by atoms with Gasteiger partial charge >= 0.3 is 0 Å². The maximum Gasteiger partial charge on any atom is 0.257 e. The standard InChI is InChI=1S/C20H17BrF2N2O2S.C2H6O.C2H6/c21-15-8-14(16(22)9-17(15)23)20-11-27-7-6-13(20)10-28-19(25-20)24-18(26)12-4-2-1-3-5-12;1-3-2;1-2/h1-5,8-9,13H,6-7,10-11H2,(H,24,25,26);1-2H3;1-2H3. The van der Waals surface area contributed by atoms with Gasteiger partial charge in [0, 0.05) is 49.7 Å². The number of hydrogen-bond acceptors (Lipinski definition) is 5. The lowest BCUT2D eigenvalue weighted by Gasteiger charge is -2.44. The van der Waals surface area contributed by atoms with E-state index >= 15 is 0 Å². The summed E-state index contributed by atoms with van der Waals surface area (Å²) in [6, 6.07) is 11.1. The monoisotopic (exact) mass is 542 g/mol. The van der Waals surface area contributed by atoms with Crippen molar-refractivity contribution in [3.05, 3.63) is 69.7 Å². The minimum absolute atomic E-state index is 0.0236. The number of aliphatic imine (C=N–C) groups is 1. The van der Waals surface area contributed by atoms with Crippen LogP contribution in [0.5, 0.6) is 0 Å². The number of nitrogens with zero attached hydrogens (tertiary/aromatic N) is 1. The fourth-order valence-corrected chi connectivity index (χ4v) is 5.12. The number of methoxy groups -OCH3 is 1. The Morgan fingerprint density at radius 2 is 1.88 bits per heavy atom. The number of amidine groups is 1. The first-order chi connectivity index (χ1) is 15.9. The maximum absolute atomic E-state index is 14.8. The lowest BCUT2D eigenvalue weighted by molar-refractivity contribution is 0.00282. The van der Waals surface area contributed by atoms with Crippen molar-refractivity contribution >= 4 is 38.8 Å². The van der Waals surface area contributed by atoms with Crippen molar-refractivity contribution < 1.29 is 23.0 Å². The lowest BCUT2D eigenvalue weighted by Crippen LogP contribution is -2.49. The molecule has 2 atom stereocenters. The van der Waals surface area contributed by atoms with Gasteiger partial charge < -0.3 is 14.8 Å². The summed E-state index contributed by atoms with van der Waals surface area (Å²) in [5, 5.41) is 3.23. The van der Waals surface area contributed by atoms with E-state index in [0.717, 1.165) is 6.07 Å². The highest BCUT2D eigenvalue weighted by molar-refractivity contribution is 9.10. The van der Waals surface area contributed by atoms with E-state index in [2.05, 4.69) is 26.0 Å². The molecule has 0 aromatic heterocycles. The van der Waals surface area contributed by atoms with Gasteiger partial charge in [-0.3, -0.25) is 4.79 Å². The first kappa shape index (κ1) is 27.4. The lowest BCUT2D eigenvalue weighted by atomic mass is 9.76. The van der Waals surface area contributed by atoms with Crippen molar-refractivity contribution in [3.63, 3.8) is 0 Å². The third-order valence-electron chi connectivity index (χ3n) is 5.06. The molecular formula is C24H29BrF2N2O3S.